The molecule has 0 atom stereocenters. The minimum Gasteiger partial charge on any atom is -0.475 e. The van der Waals surface area contributed by atoms with Gasteiger partial charge in [-0.3, -0.25) is 19.6 Å². The van der Waals surface area contributed by atoms with E-state index >= 15 is 0 Å². The summed E-state index contributed by atoms with van der Waals surface area (Å²) in [5, 5.41) is 17.9. The Morgan fingerprint density at radius 1 is 1.43 bits per heavy atom. The number of amides is 1. The molecule has 10 heteroatoms. The third-order valence-electron chi connectivity index (χ3n) is 2.89. The van der Waals surface area contributed by atoms with E-state index in [2.05, 4.69) is 10.4 Å². The van der Waals surface area contributed by atoms with E-state index in [9.17, 15) is 14.9 Å². The minimum atomic E-state index is -0.605. The number of ether oxygens (including phenoxy) is 1. The second-order valence-corrected chi connectivity index (χ2v) is 5.25. The Kier molecular flexibility index (Phi) is 5.41. The Bertz CT molecular complexity index is 727. The molecule has 8 nitrogen and oxygen atoms in total. The van der Waals surface area contributed by atoms with Crippen LogP contribution in [0.1, 0.15) is 6.42 Å². The largest absolute Gasteiger partial charge is 0.475 e. The fraction of sp³-hybridized carbons (Fsp3) is 0.231. The van der Waals surface area contributed by atoms with Crippen molar-refractivity contribution in [2.24, 2.45) is 0 Å². The molecule has 0 fully saturated rings. The number of aromatic nitrogens is 2. The highest BCUT2D eigenvalue weighted by Crippen LogP contribution is 2.30. The van der Waals surface area contributed by atoms with Crippen LogP contribution in [0.5, 0.6) is 5.88 Å². The van der Waals surface area contributed by atoms with Crippen LogP contribution in [0.4, 0.5) is 11.4 Å². The van der Waals surface area contributed by atoms with Crippen LogP contribution in [0, 0.1) is 10.1 Å². The molecule has 0 saturated heterocycles. The molecule has 2 aromatic rings. The first kappa shape index (κ1) is 17.0. The lowest BCUT2D eigenvalue weighted by Crippen LogP contribution is -2.15. The highest BCUT2D eigenvalue weighted by molar-refractivity contribution is 6.39. The lowest BCUT2D eigenvalue weighted by atomic mass is 10.3. The van der Waals surface area contributed by atoms with Gasteiger partial charge >= 0.3 is 11.6 Å². The number of carbonyl (C=O) groups is 1. The summed E-state index contributed by atoms with van der Waals surface area (Å²) in [5.41, 5.74) is 0.0620. The molecule has 1 aromatic carbocycles. The van der Waals surface area contributed by atoms with Gasteiger partial charge in [-0.15, -0.1) is 5.10 Å². The molecule has 0 aliphatic heterocycles. The predicted octanol–water partition coefficient (Wildman–Crippen LogP) is 3.14. The zero-order valence-corrected chi connectivity index (χ0v) is 13.5. The average Bonchev–Trinajstić information content (AvgIpc) is 2.93. The summed E-state index contributed by atoms with van der Waals surface area (Å²) in [4.78, 5) is 22.2. The summed E-state index contributed by atoms with van der Waals surface area (Å²) in [7, 11) is 1.28. The van der Waals surface area contributed by atoms with Gasteiger partial charge in [0.1, 0.15) is 6.20 Å². The molecule has 2 rings (SSSR count). The van der Waals surface area contributed by atoms with Crippen molar-refractivity contribution in [3.63, 3.8) is 0 Å². The Balaban J connectivity index is 2.01. The molecule has 1 N–H and O–H groups in total. The molecule has 0 aliphatic carbocycles. The molecule has 1 heterocycles. The molecule has 1 amide bonds. The van der Waals surface area contributed by atoms with Crippen LogP contribution in [0.25, 0.3) is 0 Å². The number of halogens is 2. The van der Waals surface area contributed by atoms with Crippen molar-refractivity contribution < 1.29 is 14.5 Å². The van der Waals surface area contributed by atoms with E-state index in [1.54, 1.807) is 18.2 Å². The standard InChI is InChI=1S/C13H12Cl2N4O4/c1-23-13-10(19(21)22)7-18(17-13)6-5-11(20)16-12-8(14)3-2-4-9(12)15/h2-4,7H,5-6H2,1H3,(H,16,20). The molecular formula is C13H12Cl2N4O4. The van der Waals surface area contributed by atoms with Crippen molar-refractivity contribution in [1.82, 2.24) is 9.78 Å². The van der Waals surface area contributed by atoms with Crippen LogP contribution in [-0.2, 0) is 11.3 Å². The smallest absolute Gasteiger partial charge is 0.350 e. The zero-order valence-electron chi connectivity index (χ0n) is 12.0. The van der Waals surface area contributed by atoms with E-state index < -0.39 is 4.92 Å². The number of nitrogens with zero attached hydrogens (tertiary/aromatic N) is 3. The maximum Gasteiger partial charge on any atom is 0.350 e. The van der Waals surface area contributed by atoms with Crippen molar-refractivity contribution in [1.29, 1.82) is 0 Å². The number of hydrogen-bond donors (Lipinski definition) is 1. The molecule has 0 saturated carbocycles. The van der Waals surface area contributed by atoms with E-state index in [4.69, 9.17) is 27.9 Å². The molecule has 0 aliphatic rings. The summed E-state index contributed by atoms with van der Waals surface area (Å²) in [6.07, 6.45) is 1.23. The number of methoxy groups -OCH3 is 1. The van der Waals surface area contributed by atoms with Crippen LogP contribution in [0.2, 0.25) is 10.0 Å². The highest BCUT2D eigenvalue weighted by atomic mass is 35.5. The fourth-order valence-corrected chi connectivity index (χ4v) is 2.31. The first-order valence-electron chi connectivity index (χ1n) is 6.42. The van der Waals surface area contributed by atoms with Crippen molar-refractivity contribution in [3.05, 3.63) is 44.6 Å². The normalized spacial score (nSPS) is 10.4. The molecule has 0 unspecified atom stereocenters. The lowest BCUT2D eigenvalue weighted by Gasteiger charge is -2.08. The average molecular weight is 359 g/mol. The summed E-state index contributed by atoms with van der Waals surface area (Å²) in [6.45, 7) is 0.137. The SMILES string of the molecule is COc1nn(CCC(=O)Nc2c(Cl)cccc2Cl)cc1[N+](=O)[O-]. The van der Waals surface area contributed by atoms with E-state index in [-0.39, 0.29) is 30.4 Å². The quantitative estimate of drug-likeness (QED) is 0.631. The predicted molar refractivity (Wildman–Crippen MR) is 85.1 cm³/mol. The van der Waals surface area contributed by atoms with Crippen LogP contribution in [0.3, 0.4) is 0 Å². The Labute approximate surface area is 141 Å². The number of anilines is 1. The van der Waals surface area contributed by atoms with Crippen molar-refractivity contribution in [2.45, 2.75) is 13.0 Å². The Hall–Kier alpha value is -2.32. The van der Waals surface area contributed by atoms with E-state index in [1.807, 2.05) is 0 Å². The van der Waals surface area contributed by atoms with Gasteiger partial charge in [0.25, 0.3) is 0 Å². The van der Waals surface area contributed by atoms with Crippen molar-refractivity contribution >= 4 is 40.5 Å². The van der Waals surface area contributed by atoms with Gasteiger partial charge < -0.3 is 10.1 Å². The first-order valence-corrected chi connectivity index (χ1v) is 7.17. The van der Waals surface area contributed by atoms with E-state index in [0.717, 1.165) is 0 Å². The molecule has 122 valence electrons. The summed E-state index contributed by atoms with van der Waals surface area (Å²) < 4.78 is 6.08. The molecule has 0 bridgehead atoms. The molecule has 1 aromatic heterocycles. The monoisotopic (exact) mass is 358 g/mol. The first-order chi connectivity index (χ1) is 10.9. The topological polar surface area (TPSA) is 99.3 Å². The Morgan fingerprint density at radius 3 is 2.61 bits per heavy atom. The van der Waals surface area contributed by atoms with Gasteiger partial charge in [-0.2, -0.15) is 0 Å². The Morgan fingerprint density at radius 2 is 2.09 bits per heavy atom. The lowest BCUT2D eigenvalue weighted by molar-refractivity contribution is -0.385. The van der Waals surface area contributed by atoms with Gasteiger partial charge in [-0.05, 0) is 12.1 Å². The van der Waals surface area contributed by atoms with Gasteiger partial charge in [0.05, 0.1) is 34.3 Å². The number of para-hydroxylation sites is 1. The van der Waals surface area contributed by atoms with Gasteiger partial charge in [0, 0.05) is 6.42 Å². The summed E-state index contributed by atoms with van der Waals surface area (Å²) in [5.74, 6) is -0.457. The number of benzene rings is 1. The minimum absolute atomic E-state index is 0.0313. The van der Waals surface area contributed by atoms with E-state index in [0.29, 0.717) is 15.7 Å². The maximum atomic E-state index is 12.0. The molecular weight excluding hydrogens is 347 g/mol. The highest BCUT2D eigenvalue weighted by Gasteiger charge is 2.20. The second-order valence-electron chi connectivity index (χ2n) is 4.44. The van der Waals surface area contributed by atoms with Crippen molar-refractivity contribution in [3.8, 4) is 5.88 Å². The maximum absolute atomic E-state index is 12.0. The van der Waals surface area contributed by atoms with Crippen molar-refractivity contribution in [2.75, 3.05) is 12.4 Å². The number of nitro groups is 1. The number of aryl methyl sites for hydroxylation is 1. The summed E-state index contributed by atoms with van der Waals surface area (Å²) >= 11 is 11.9. The summed E-state index contributed by atoms with van der Waals surface area (Å²) in [6, 6.07) is 4.87. The number of hydrogen-bond acceptors (Lipinski definition) is 5. The number of rotatable bonds is 6. The third-order valence-corrected chi connectivity index (χ3v) is 3.52. The molecule has 0 spiro atoms. The fourth-order valence-electron chi connectivity index (χ4n) is 1.81. The van der Waals surface area contributed by atoms with Gasteiger partial charge in [0.2, 0.25) is 5.91 Å². The van der Waals surface area contributed by atoms with Gasteiger partial charge in [-0.1, -0.05) is 29.3 Å². The zero-order chi connectivity index (χ0) is 17.0. The van der Waals surface area contributed by atoms with E-state index in [1.165, 1.54) is 18.0 Å². The number of carbonyl (C=O) groups excluding carboxylic acids is 1. The molecule has 23 heavy (non-hydrogen) atoms. The van der Waals surface area contributed by atoms with Crippen LogP contribution in [0.15, 0.2) is 24.4 Å². The number of nitrogens with one attached hydrogen (secondary N) is 1. The van der Waals surface area contributed by atoms with Crippen LogP contribution in [-0.4, -0.2) is 27.7 Å². The molecule has 0 radical (unpaired) electrons. The second kappa shape index (κ2) is 7.30. The third kappa shape index (κ3) is 4.11. The van der Waals surface area contributed by atoms with Gasteiger partial charge in [-0.25, -0.2) is 0 Å². The van der Waals surface area contributed by atoms with Gasteiger partial charge in [0.15, 0.2) is 0 Å². The van der Waals surface area contributed by atoms with Crippen LogP contribution >= 0.6 is 23.2 Å². The van der Waals surface area contributed by atoms with Crippen LogP contribution < -0.4 is 10.1 Å².